The van der Waals surface area contributed by atoms with Crippen LogP contribution in [0.25, 0.3) is 0 Å². The van der Waals surface area contributed by atoms with Crippen molar-refractivity contribution >= 4 is 5.91 Å². The van der Waals surface area contributed by atoms with Crippen LogP contribution in [0.15, 0.2) is 18.3 Å². The van der Waals surface area contributed by atoms with Crippen LogP contribution in [0.4, 0.5) is 13.2 Å². The van der Waals surface area contributed by atoms with Crippen LogP contribution in [-0.4, -0.2) is 66.2 Å². The Balaban J connectivity index is 1.92. The van der Waals surface area contributed by atoms with Crippen LogP contribution in [0, 0.1) is 0 Å². The number of ether oxygens (including phenoxy) is 1. The van der Waals surface area contributed by atoms with Gasteiger partial charge in [0.1, 0.15) is 0 Å². The van der Waals surface area contributed by atoms with Gasteiger partial charge in [0.05, 0.1) is 5.56 Å². The van der Waals surface area contributed by atoms with Crippen molar-refractivity contribution in [3.63, 3.8) is 0 Å². The van der Waals surface area contributed by atoms with E-state index < -0.39 is 12.8 Å². The molecule has 1 aliphatic rings. The van der Waals surface area contributed by atoms with E-state index >= 15 is 0 Å². The van der Waals surface area contributed by atoms with Gasteiger partial charge in [-0.15, -0.1) is 0 Å². The van der Waals surface area contributed by atoms with Gasteiger partial charge in [-0.3, -0.25) is 4.79 Å². The number of carbonyl (C=O) groups is 1. The van der Waals surface area contributed by atoms with E-state index in [2.05, 4.69) is 21.5 Å². The van der Waals surface area contributed by atoms with Crippen molar-refractivity contribution in [3.05, 3.63) is 23.9 Å². The topological polar surface area (TPSA) is 45.7 Å². The molecule has 0 bridgehead atoms. The summed E-state index contributed by atoms with van der Waals surface area (Å²) in [5.74, 6) is -0.331. The Hall–Kier alpha value is -1.83. The summed E-state index contributed by atoms with van der Waals surface area (Å²) >= 11 is 0. The summed E-state index contributed by atoms with van der Waals surface area (Å²) in [6.07, 6.45) is -1.33. The number of pyridine rings is 1. The molecule has 0 aromatic carbocycles. The molecule has 1 aliphatic heterocycles. The number of amides is 1. The molecule has 0 aliphatic carbocycles. The number of hydrogen-bond acceptors (Lipinski definition) is 4. The van der Waals surface area contributed by atoms with E-state index in [9.17, 15) is 18.0 Å². The lowest BCUT2D eigenvalue weighted by Crippen LogP contribution is -2.45. The standard InChI is InChI=1S/C16H22F3N3O2/c1-3-22-8-6-13(7-9-22)21(2)15(23)12-4-5-14(20-10-12)24-11-16(17,18)19/h4-5,10,13H,3,6-9,11H2,1-2H3. The summed E-state index contributed by atoms with van der Waals surface area (Å²) in [6, 6.07) is 2.90. The van der Waals surface area contributed by atoms with Crippen LogP contribution in [0.2, 0.25) is 0 Å². The predicted molar refractivity (Wildman–Crippen MR) is 83.0 cm³/mol. The van der Waals surface area contributed by atoms with E-state index in [4.69, 9.17) is 0 Å². The van der Waals surface area contributed by atoms with Crippen molar-refractivity contribution in [2.24, 2.45) is 0 Å². The zero-order valence-electron chi connectivity index (χ0n) is 13.8. The second kappa shape index (κ2) is 7.83. The lowest BCUT2D eigenvalue weighted by Gasteiger charge is -2.36. The highest BCUT2D eigenvalue weighted by atomic mass is 19.4. The second-order valence-electron chi connectivity index (χ2n) is 5.87. The Bertz CT molecular complexity index is 540. The van der Waals surface area contributed by atoms with E-state index in [0.717, 1.165) is 32.5 Å². The third-order valence-corrected chi connectivity index (χ3v) is 4.24. The molecule has 0 N–H and O–H groups in total. The van der Waals surface area contributed by atoms with Crippen molar-refractivity contribution in [1.82, 2.24) is 14.8 Å². The Kier molecular flexibility index (Phi) is 6.04. The van der Waals surface area contributed by atoms with Gasteiger partial charge in [-0.05, 0) is 25.5 Å². The monoisotopic (exact) mass is 345 g/mol. The number of halogens is 3. The van der Waals surface area contributed by atoms with E-state index in [1.54, 1.807) is 11.9 Å². The van der Waals surface area contributed by atoms with Gasteiger partial charge in [-0.25, -0.2) is 4.98 Å². The Morgan fingerprint density at radius 1 is 1.38 bits per heavy atom. The molecular weight excluding hydrogens is 323 g/mol. The molecule has 1 aromatic heterocycles. The molecule has 0 spiro atoms. The number of piperidine rings is 1. The molecule has 1 saturated heterocycles. The first-order valence-corrected chi connectivity index (χ1v) is 7.95. The fourth-order valence-electron chi connectivity index (χ4n) is 2.74. The van der Waals surface area contributed by atoms with Gasteiger partial charge in [0.15, 0.2) is 6.61 Å². The van der Waals surface area contributed by atoms with Gasteiger partial charge in [-0.2, -0.15) is 13.2 Å². The molecule has 0 atom stereocenters. The summed E-state index contributed by atoms with van der Waals surface area (Å²) in [5, 5.41) is 0. The van der Waals surface area contributed by atoms with Crippen molar-refractivity contribution in [1.29, 1.82) is 0 Å². The zero-order valence-corrected chi connectivity index (χ0v) is 13.8. The van der Waals surface area contributed by atoms with Gasteiger partial charge in [0.25, 0.3) is 5.91 Å². The quantitative estimate of drug-likeness (QED) is 0.823. The molecule has 1 amide bonds. The largest absolute Gasteiger partial charge is 0.468 e. The van der Waals surface area contributed by atoms with Gasteiger partial charge in [-0.1, -0.05) is 6.92 Å². The lowest BCUT2D eigenvalue weighted by atomic mass is 10.0. The van der Waals surface area contributed by atoms with Crippen LogP contribution in [0.3, 0.4) is 0 Å². The fraction of sp³-hybridized carbons (Fsp3) is 0.625. The number of hydrogen-bond donors (Lipinski definition) is 0. The third-order valence-electron chi connectivity index (χ3n) is 4.24. The Morgan fingerprint density at radius 2 is 2.04 bits per heavy atom. The van der Waals surface area contributed by atoms with Crippen LogP contribution in [0.5, 0.6) is 5.88 Å². The first-order valence-electron chi connectivity index (χ1n) is 7.95. The molecule has 1 aromatic rings. The van der Waals surface area contributed by atoms with Crippen LogP contribution >= 0.6 is 0 Å². The minimum absolute atomic E-state index is 0.150. The van der Waals surface area contributed by atoms with Crippen molar-refractivity contribution in [2.45, 2.75) is 32.0 Å². The molecule has 2 heterocycles. The van der Waals surface area contributed by atoms with Crippen LogP contribution in [-0.2, 0) is 0 Å². The van der Waals surface area contributed by atoms with E-state index in [-0.39, 0.29) is 17.8 Å². The predicted octanol–water partition coefficient (Wildman–Crippen LogP) is 2.58. The molecule has 1 fully saturated rings. The summed E-state index contributed by atoms with van der Waals surface area (Å²) in [4.78, 5) is 20.3. The molecule has 5 nitrogen and oxygen atoms in total. The summed E-state index contributed by atoms with van der Waals surface area (Å²) in [6.45, 7) is 3.64. The first kappa shape index (κ1) is 18.5. The molecule has 0 unspecified atom stereocenters. The normalized spacial score (nSPS) is 16.9. The minimum Gasteiger partial charge on any atom is -0.468 e. The average Bonchev–Trinajstić information content (AvgIpc) is 2.58. The second-order valence-corrected chi connectivity index (χ2v) is 5.87. The molecule has 2 rings (SSSR count). The van der Waals surface area contributed by atoms with Crippen molar-refractivity contribution in [2.75, 3.05) is 33.3 Å². The number of nitrogens with zero attached hydrogens (tertiary/aromatic N) is 3. The Labute approximate surface area is 139 Å². The van der Waals surface area contributed by atoms with Gasteiger partial charge in [0.2, 0.25) is 5.88 Å². The maximum atomic E-state index is 12.5. The lowest BCUT2D eigenvalue weighted by molar-refractivity contribution is -0.154. The average molecular weight is 345 g/mol. The van der Waals surface area contributed by atoms with Gasteiger partial charge >= 0.3 is 6.18 Å². The maximum absolute atomic E-state index is 12.5. The highest BCUT2D eigenvalue weighted by Crippen LogP contribution is 2.19. The number of carbonyl (C=O) groups excluding carboxylic acids is 1. The molecule has 0 radical (unpaired) electrons. The maximum Gasteiger partial charge on any atom is 0.422 e. The van der Waals surface area contributed by atoms with Gasteiger partial charge in [0, 0.05) is 38.4 Å². The van der Waals surface area contributed by atoms with Gasteiger partial charge < -0.3 is 14.5 Å². The Morgan fingerprint density at radius 3 is 2.54 bits per heavy atom. The van der Waals surface area contributed by atoms with E-state index in [1.165, 1.54) is 18.3 Å². The summed E-state index contributed by atoms with van der Waals surface area (Å²) < 4.78 is 40.8. The van der Waals surface area contributed by atoms with Crippen LogP contribution < -0.4 is 4.74 Å². The zero-order chi connectivity index (χ0) is 17.7. The fourth-order valence-corrected chi connectivity index (χ4v) is 2.74. The summed E-state index contributed by atoms with van der Waals surface area (Å²) in [7, 11) is 1.75. The SMILES string of the molecule is CCN1CCC(N(C)C(=O)c2ccc(OCC(F)(F)F)nc2)CC1. The van der Waals surface area contributed by atoms with Crippen molar-refractivity contribution < 1.29 is 22.7 Å². The van der Waals surface area contributed by atoms with Crippen LogP contribution in [0.1, 0.15) is 30.1 Å². The number of aromatic nitrogens is 1. The smallest absolute Gasteiger partial charge is 0.422 e. The molecular formula is C16H22F3N3O2. The number of alkyl halides is 3. The summed E-state index contributed by atoms with van der Waals surface area (Å²) in [5.41, 5.74) is 0.342. The molecule has 24 heavy (non-hydrogen) atoms. The molecule has 134 valence electrons. The van der Waals surface area contributed by atoms with Crippen molar-refractivity contribution in [3.8, 4) is 5.88 Å². The highest BCUT2D eigenvalue weighted by molar-refractivity contribution is 5.94. The van der Waals surface area contributed by atoms with E-state index in [1.807, 2.05) is 0 Å². The minimum atomic E-state index is -4.41. The molecule has 8 heteroatoms. The highest BCUT2D eigenvalue weighted by Gasteiger charge is 2.29. The number of rotatable bonds is 5. The first-order chi connectivity index (χ1) is 11.3. The molecule has 0 saturated carbocycles. The number of likely N-dealkylation sites (tertiary alicyclic amines) is 1. The third kappa shape index (κ3) is 5.09. The van der Waals surface area contributed by atoms with E-state index in [0.29, 0.717) is 5.56 Å².